The number of carbonyl (C=O) groups excluding carboxylic acids is 4. The molecule has 0 radical (unpaired) electrons. The van der Waals surface area contributed by atoms with E-state index in [0.29, 0.717) is 12.0 Å². The summed E-state index contributed by atoms with van der Waals surface area (Å²) in [5.41, 5.74) is 18.4. The van der Waals surface area contributed by atoms with Gasteiger partial charge in [0.15, 0.2) is 5.96 Å². The molecule has 0 spiro atoms. The summed E-state index contributed by atoms with van der Waals surface area (Å²) in [5, 5.41) is 21.0. The van der Waals surface area contributed by atoms with E-state index in [1.165, 1.54) is 24.3 Å². The van der Waals surface area contributed by atoms with Crippen molar-refractivity contribution in [1.82, 2.24) is 16.0 Å². The monoisotopic (exact) mass is 652 g/mol. The zero-order chi connectivity index (χ0) is 34.6. The number of carbonyl (C=O) groups is 4. The molecule has 0 aliphatic carbocycles. The number of fused-ring (bicyclic) bond motifs is 1. The van der Waals surface area contributed by atoms with Gasteiger partial charge in [-0.3, -0.25) is 34.3 Å². The molecule has 4 rings (SSSR count). The number of rotatable bonds is 15. The van der Waals surface area contributed by atoms with Crippen LogP contribution in [0.5, 0.6) is 0 Å². The number of primary amides is 1. The van der Waals surface area contributed by atoms with Crippen LogP contribution in [-0.4, -0.2) is 53.1 Å². The van der Waals surface area contributed by atoms with Crippen LogP contribution in [0, 0.1) is 10.1 Å². The van der Waals surface area contributed by atoms with Crippen molar-refractivity contribution in [2.45, 2.75) is 37.9 Å². The molecule has 2 atom stereocenters. The van der Waals surface area contributed by atoms with Gasteiger partial charge in [-0.2, -0.15) is 0 Å². The second-order valence-electron chi connectivity index (χ2n) is 11.0. The van der Waals surface area contributed by atoms with Gasteiger partial charge in [-0.1, -0.05) is 54.6 Å². The molecule has 0 aromatic heterocycles. The van der Waals surface area contributed by atoms with Crippen molar-refractivity contribution in [2.75, 3.05) is 6.54 Å². The van der Waals surface area contributed by atoms with Crippen molar-refractivity contribution in [3.63, 3.8) is 0 Å². The van der Waals surface area contributed by atoms with Gasteiger partial charge < -0.3 is 33.2 Å². The van der Waals surface area contributed by atoms with Crippen molar-refractivity contribution in [2.24, 2.45) is 22.2 Å². The van der Waals surface area contributed by atoms with Gasteiger partial charge in [0, 0.05) is 42.8 Å². The molecule has 0 unspecified atom stereocenters. The summed E-state index contributed by atoms with van der Waals surface area (Å²) in [7, 11) is 0. The first-order valence-electron chi connectivity index (χ1n) is 15.1. The van der Waals surface area contributed by atoms with Crippen LogP contribution in [0.25, 0.3) is 10.8 Å². The second-order valence-corrected chi connectivity index (χ2v) is 11.0. The molecule has 248 valence electrons. The summed E-state index contributed by atoms with van der Waals surface area (Å²) in [5.74, 6) is -2.38. The van der Waals surface area contributed by atoms with Gasteiger partial charge in [0.2, 0.25) is 11.8 Å². The smallest absolute Gasteiger partial charge is 0.269 e. The minimum Gasteiger partial charge on any atom is -0.370 e. The van der Waals surface area contributed by atoms with Gasteiger partial charge in [0.1, 0.15) is 12.1 Å². The third-order valence-electron chi connectivity index (χ3n) is 7.49. The lowest BCUT2D eigenvalue weighted by Gasteiger charge is -2.22. The molecule has 4 aromatic rings. The van der Waals surface area contributed by atoms with E-state index < -0.39 is 40.6 Å². The molecule has 0 fully saturated rings. The van der Waals surface area contributed by atoms with Crippen LogP contribution in [0.4, 0.5) is 5.69 Å². The number of nitro groups is 1. The maximum absolute atomic E-state index is 13.4. The van der Waals surface area contributed by atoms with Crippen LogP contribution in [0.2, 0.25) is 0 Å². The lowest BCUT2D eigenvalue weighted by Crippen LogP contribution is -2.53. The highest BCUT2D eigenvalue weighted by Crippen LogP contribution is 2.17. The van der Waals surface area contributed by atoms with E-state index >= 15 is 0 Å². The van der Waals surface area contributed by atoms with Gasteiger partial charge in [0.05, 0.1) is 4.92 Å². The predicted molar refractivity (Wildman–Crippen MR) is 181 cm³/mol. The first kappa shape index (κ1) is 34.6. The van der Waals surface area contributed by atoms with Crippen LogP contribution < -0.4 is 33.2 Å². The van der Waals surface area contributed by atoms with Gasteiger partial charge in [0.25, 0.3) is 17.5 Å². The maximum atomic E-state index is 13.4. The van der Waals surface area contributed by atoms with Crippen LogP contribution >= 0.6 is 0 Å². The van der Waals surface area contributed by atoms with E-state index in [9.17, 15) is 29.3 Å². The van der Waals surface area contributed by atoms with Crippen LogP contribution in [-0.2, 0) is 22.6 Å². The van der Waals surface area contributed by atoms with Crippen LogP contribution in [0.1, 0.15) is 44.7 Å². The topological polar surface area (TPSA) is 238 Å². The van der Waals surface area contributed by atoms with E-state index in [-0.39, 0.29) is 48.7 Å². The Bertz CT molecular complexity index is 1820. The van der Waals surface area contributed by atoms with Gasteiger partial charge in [-0.05, 0) is 59.0 Å². The summed E-state index contributed by atoms with van der Waals surface area (Å²) >= 11 is 0. The Morgan fingerprint density at radius 2 is 1.38 bits per heavy atom. The Morgan fingerprint density at radius 1 is 0.750 bits per heavy atom. The number of amides is 4. The first-order chi connectivity index (χ1) is 23.0. The number of nitrogens with zero attached hydrogens (tertiary/aromatic N) is 2. The lowest BCUT2D eigenvalue weighted by molar-refractivity contribution is -0.384. The molecule has 4 aromatic carbocycles. The molecule has 0 saturated heterocycles. The highest BCUT2D eigenvalue weighted by atomic mass is 16.6. The van der Waals surface area contributed by atoms with Gasteiger partial charge in [-0.15, -0.1) is 0 Å². The third kappa shape index (κ3) is 9.84. The average molecular weight is 653 g/mol. The standard InChI is InChI=1S/C34H36N8O6/c35-30(43)29(19-22-9-10-23-4-1-2-5-26(23)18-22)41-33(46)28(6-3-17-38-34(36)37)40-32(45)25-11-7-21(8-12-25)20-39-31(44)24-13-15-27(16-14-24)42(47)48/h1-2,4-5,7-16,18,28-29H,3,6,17,19-20H2,(H2,35,43)(H,39,44)(H,40,45)(H,41,46)(H4,36,37,38)/t28-,29-/m0/s1. The number of nitro benzene ring substituents is 1. The molecule has 0 bridgehead atoms. The Morgan fingerprint density at radius 3 is 2.02 bits per heavy atom. The van der Waals surface area contributed by atoms with Crippen LogP contribution in [0.15, 0.2) is 96.0 Å². The Labute approximate surface area is 275 Å². The summed E-state index contributed by atoms with van der Waals surface area (Å²) in [6.45, 7) is 0.359. The number of benzene rings is 4. The summed E-state index contributed by atoms with van der Waals surface area (Å²) < 4.78 is 0. The lowest BCUT2D eigenvalue weighted by atomic mass is 10.0. The Hall–Kier alpha value is -6.31. The Kier molecular flexibility index (Phi) is 11.7. The normalized spacial score (nSPS) is 11.9. The highest BCUT2D eigenvalue weighted by molar-refractivity contribution is 5.98. The summed E-state index contributed by atoms with van der Waals surface area (Å²) in [4.78, 5) is 65.7. The zero-order valence-electron chi connectivity index (χ0n) is 25.9. The van der Waals surface area contributed by atoms with Gasteiger partial charge >= 0.3 is 0 Å². The largest absolute Gasteiger partial charge is 0.370 e. The minimum absolute atomic E-state index is 0.103. The SMILES string of the molecule is NC(=O)[C@H](Cc1ccc2ccccc2c1)NC(=O)[C@H](CCCN=C(N)N)NC(=O)c1ccc(CNC(=O)c2ccc([N+](=O)[O-])cc2)cc1. The number of non-ortho nitro benzene ring substituents is 1. The number of guanidine groups is 1. The molecule has 4 amide bonds. The van der Waals surface area contributed by atoms with Gasteiger partial charge in [-0.25, -0.2) is 0 Å². The van der Waals surface area contributed by atoms with E-state index in [2.05, 4.69) is 20.9 Å². The molecule has 14 nitrogen and oxygen atoms in total. The fourth-order valence-electron chi connectivity index (χ4n) is 4.90. The van der Waals surface area contributed by atoms with Crippen molar-refractivity contribution in [3.8, 4) is 0 Å². The molecular weight excluding hydrogens is 616 g/mol. The molecule has 0 heterocycles. The summed E-state index contributed by atoms with van der Waals surface area (Å²) in [6.07, 6.45) is 0.681. The highest BCUT2D eigenvalue weighted by Gasteiger charge is 2.26. The van der Waals surface area contributed by atoms with Crippen molar-refractivity contribution < 1.29 is 24.1 Å². The minimum atomic E-state index is -1.04. The van der Waals surface area contributed by atoms with E-state index in [1.54, 1.807) is 24.3 Å². The Balaban J connectivity index is 1.39. The zero-order valence-corrected chi connectivity index (χ0v) is 25.9. The second kappa shape index (κ2) is 16.3. The molecule has 48 heavy (non-hydrogen) atoms. The summed E-state index contributed by atoms with van der Waals surface area (Å²) in [6, 6.07) is 23.0. The predicted octanol–water partition coefficient (Wildman–Crippen LogP) is 2.04. The molecule has 9 N–H and O–H groups in total. The molecular formula is C34H36N8O6. The number of nitrogens with one attached hydrogen (secondary N) is 3. The van der Waals surface area contributed by atoms with Crippen LogP contribution in [0.3, 0.4) is 0 Å². The average Bonchev–Trinajstić information content (AvgIpc) is 3.08. The molecule has 0 saturated carbocycles. The molecule has 14 heteroatoms. The van der Waals surface area contributed by atoms with Crippen molar-refractivity contribution >= 4 is 46.0 Å². The van der Waals surface area contributed by atoms with E-state index in [4.69, 9.17) is 17.2 Å². The van der Waals surface area contributed by atoms with Crippen molar-refractivity contribution in [1.29, 1.82) is 0 Å². The van der Waals surface area contributed by atoms with E-state index in [0.717, 1.165) is 16.3 Å². The molecule has 0 aliphatic rings. The number of hydrogen-bond acceptors (Lipinski definition) is 7. The number of hydrogen-bond donors (Lipinski definition) is 6. The third-order valence-corrected chi connectivity index (χ3v) is 7.49. The quantitative estimate of drug-likeness (QED) is 0.0364. The first-order valence-corrected chi connectivity index (χ1v) is 15.1. The number of nitrogens with two attached hydrogens (primary N) is 3. The molecule has 0 aliphatic heterocycles. The van der Waals surface area contributed by atoms with Crippen molar-refractivity contribution in [3.05, 3.63) is 123 Å². The fraction of sp³-hybridized carbons (Fsp3) is 0.206. The number of aliphatic imine (C=N–C) groups is 1. The fourth-order valence-corrected chi connectivity index (χ4v) is 4.90. The maximum Gasteiger partial charge on any atom is 0.269 e. The van der Waals surface area contributed by atoms with E-state index in [1.807, 2.05) is 42.5 Å².